The fraction of sp³-hybridized carbons (Fsp3) is 0.435. The van der Waals surface area contributed by atoms with Crippen molar-refractivity contribution in [2.45, 2.75) is 32.4 Å². The van der Waals surface area contributed by atoms with E-state index in [1.54, 1.807) is 20.3 Å². The van der Waals surface area contributed by atoms with Crippen LogP contribution in [0.2, 0.25) is 0 Å². The molecular formula is C23H32N4O3. The van der Waals surface area contributed by atoms with E-state index in [9.17, 15) is 5.11 Å². The quantitative estimate of drug-likeness (QED) is 0.479. The third kappa shape index (κ3) is 5.49. The number of nitrogens with zero attached hydrogens (tertiary/aromatic N) is 2. The maximum Gasteiger partial charge on any atom is 0.191 e. The number of hydrogen-bond donors (Lipinski definition) is 3. The number of rotatable bonds is 7. The first-order valence-electron chi connectivity index (χ1n) is 10.4. The number of para-hydroxylation sites is 1. The van der Waals surface area contributed by atoms with Crippen LogP contribution in [0.25, 0.3) is 0 Å². The minimum absolute atomic E-state index is 0.140. The first-order chi connectivity index (χ1) is 14.6. The molecular weight excluding hydrogens is 380 g/mol. The minimum atomic E-state index is 0.140. The lowest BCUT2D eigenvalue weighted by Gasteiger charge is -2.35. The number of anilines is 1. The van der Waals surface area contributed by atoms with Crippen LogP contribution >= 0.6 is 0 Å². The molecule has 1 unspecified atom stereocenters. The molecule has 7 nitrogen and oxygen atoms in total. The predicted octanol–water partition coefficient (Wildman–Crippen LogP) is 3.13. The van der Waals surface area contributed by atoms with Gasteiger partial charge in [-0.05, 0) is 38.0 Å². The Balaban J connectivity index is 1.67. The number of piperidine rings is 1. The highest BCUT2D eigenvalue weighted by Gasteiger charge is 2.21. The van der Waals surface area contributed by atoms with Gasteiger partial charge in [-0.3, -0.25) is 0 Å². The number of hydrogen-bond acceptors (Lipinski definition) is 5. The van der Waals surface area contributed by atoms with Crippen LogP contribution in [0.3, 0.4) is 0 Å². The Labute approximate surface area is 178 Å². The Morgan fingerprint density at radius 1 is 1.20 bits per heavy atom. The number of aromatic hydroxyl groups is 1. The minimum Gasteiger partial charge on any atom is -0.504 e. The van der Waals surface area contributed by atoms with Gasteiger partial charge in [0, 0.05) is 43.0 Å². The number of phenolic OH excluding ortho intramolecular Hbond substituents is 1. The number of nitrogens with one attached hydrogen (secondary N) is 2. The lowest BCUT2D eigenvalue weighted by molar-refractivity contribution is 0.370. The maximum atomic E-state index is 10.3. The van der Waals surface area contributed by atoms with E-state index in [4.69, 9.17) is 9.47 Å². The molecule has 0 spiro atoms. The summed E-state index contributed by atoms with van der Waals surface area (Å²) >= 11 is 0. The summed E-state index contributed by atoms with van der Waals surface area (Å²) in [6, 6.07) is 13.9. The van der Waals surface area contributed by atoms with Crippen molar-refractivity contribution in [2.24, 2.45) is 4.99 Å². The molecule has 1 fully saturated rings. The lowest BCUT2D eigenvalue weighted by Crippen LogP contribution is -2.51. The predicted molar refractivity (Wildman–Crippen MR) is 121 cm³/mol. The maximum absolute atomic E-state index is 10.3. The van der Waals surface area contributed by atoms with Crippen molar-refractivity contribution in [3.05, 3.63) is 48.0 Å². The van der Waals surface area contributed by atoms with Crippen LogP contribution < -0.4 is 25.0 Å². The van der Waals surface area contributed by atoms with E-state index in [1.807, 2.05) is 31.2 Å². The number of guanidine groups is 1. The van der Waals surface area contributed by atoms with Gasteiger partial charge in [-0.25, -0.2) is 4.99 Å². The van der Waals surface area contributed by atoms with E-state index < -0.39 is 0 Å². The summed E-state index contributed by atoms with van der Waals surface area (Å²) in [6.07, 6.45) is 2.18. The molecule has 1 atom stereocenters. The molecule has 7 heteroatoms. The van der Waals surface area contributed by atoms with Crippen LogP contribution in [0, 0.1) is 0 Å². The molecule has 0 radical (unpaired) electrons. The molecule has 2 aromatic rings. The second-order valence-corrected chi connectivity index (χ2v) is 7.29. The molecule has 0 bridgehead atoms. The summed E-state index contributed by atoms with van der Waals surface area (Å²) in [5.41, 5.74) is 1.90. The normalized spacial score (nSPS) is 16.8. The Morgan fingerprint density at radius 3 is 2.80 bits per heavy atom. The third-order valence-corrected chi connectivity index (χ3v) is 5.23. The van der Waals surface area contributed by atoms with E-state index in [2.05, 4.69) is 32.7 Å². The number of phenols is 1. The highest BCUT2D eigenvalue weighted by atomic mass is 16.5. The largest absolute Gasteiger partial charge is 0.504 e. The average molecular weight is 413 g/mol. The van der Waals surface area contributed by atoms with E-state index in [-0.39, 0.29) is 11.8 Å². The Morgan fingerprint density at radius 2 is 2.03 bits per heavy atom. The molecule has 162 valence electrons. The first-order valence-corrected chi connectivity index (χ1v) is 10.4. The van der Waals surface area contributed by atoms with Gasteiger partial charge in [0.25, 0.3) is 0 Å². The molecule has 1 aliphatic heterocycles. The molecule has 3 N–H and O–H groups in total. The number of aliphatic imine (C=N–C) groups is 1. The topological polar surface area (TPSA) is 78.4 Å². The van der Waals surface area contributed by atoms with Gasteiger partial charge in [-0.15, -0.1) is 0 Å². The van der Waals surface area contributed by atoms with Crippen LogP contribution in [-0.2, 0) is 6.54 Å². The van der Waals surface area contributed by atoms with E-state index >= 15 is 0 Å². The molecule has 0 saturated carbocycles. The van der Waals surface area contributed by atoms with Crippen molar-refractivity contribution in [1.29, 1.82) is 0 Å². The van der Waals surface area contributed by atoms with Crippen LogP contribution in [0.1, 0.15) is 25.3 Å². The molecule has 0 aromatic heterocycles. The molecule has 0 amide bonds. The highest BCUT2D eigenvalue weighted by molar-refractivity contribution is 5.80. The Hall–Kier alpha value is -3.09. The monoisotopic (exact) mass is 412 g/mol. The van der Waals surface area contributed by atoms with E-state index in [1.165, 1.54) is 5.69 Å². The molecule has 1 saturated heterocycles. The smallest absolute Gasteiger partial charge is 0.191 e. The zero-order chi connectivity index (χ0) is 21.3. The van der Waals surface area contributed by atoms with Gasteiger partial charge in [-0.1, -0.05) is 18.2 Å². The van der Waals surface area contributed by atoms with Crippen molar-refractivity contribution in [3.63, 3.8) is 0 Å². The summed E-state index contributed by atoms with van der Waals surface area (Å²) < 4.78 is 10.6. The fourth-order valence-corrected chi connectivity index (χ4v) is 3.67. The third-order valence-electron chi connectivity index (χ3n) is 5.23. The van der Waals surface area contributed by atoms with Crippen LogP contribution in [0.5, 0.6) is 17.2 Å². The van der Waals surface area contributed by atoms with Gasteiger partial charge >= 0.3 is 0 Å². The molecule has 2 aromatic carbocycles. The van der Waals surface area contributed by atoms with Gasteiger partial charge in [0.05, 0.1) is 20.8 Å². The van der Waals surface area contributed by atoms with Gasteiger partial charge in [-0.2, -0.15) is 0 Å². The Bertz CT molecular complexity index is 856. The molecule has 3 rings (SSSR count). The van der Waals surface area contributed by atoms with Crippen molar-refractivity contribution < 1.29 is 14.6 Å². The number of ether oxygens (including phenoxy) is 2. The summed E-state index contributed by atoms with van der Waals surface area (Å²) in [5, 5.41) is 17.2. The van der Waals surface area contributed by atoms with Gasteiger partial charge in [0.15, 0.2) is 17.5 Å². The SMILES string of the molecule is CCNC(=NCc1cccc(OC)c1O)NC1CCCN(c2cccc(OC)c2)C1. The molecule has 1 aliphatic rings. The lowest BCUT2D eigenvalue weighted by atomic mass is 10.0. The second-order valence-electron chi connectivity index (χ2n) is 7.29. The van der Waals surface area contributed by atoms with Crippen molar-refractivity contribution in [1.82, 2.24) is 10.6 Å². The van der Waals surface area contributed by atoms with Crippen molar-refractivity contribution in [2.75, 3.05) is 38.8 Å². The summed E-state index contributed by atoms with van der Waals surface area (Å²) in [4.78, 5) is 7.06. The van der Waals surface area contributed by atoms with E-state index in [0.717, 1.165) is 49.7 Å². The van der Waals surface area contributed by atoms with Gasteiger partial charge in [0.2, 0.25) is 0 Å². The number of methoxy groups -OCH3 is 2. The van der Waals surface area contributed by atoms with Gasteiger partial charge in [0.1, 0.15) is 5.75 Å². The van der Waals surface area contributed by atoms with Crippen molar-refractivity contribution in [3.8, 4) is 17.2 Å². The average Bonchev–Trinajstić information content (AvgIpc) is 2.78. The van der Waals surface area contributed by atoms with Crippen LogP contribution in [-0.4, -0.2) is 51.0 Å². The second kappa shape index (κ2) is 10.6. The zero-order valence-corrected chi connectivity index (χ0v) is 18.0. The summed E-state index contributed by atoms with van der Waals surface area (Å²) in [7, 11) is 3.24. The van der Waals surface area contributed by atoms with E-state index in [0.29, 0.717) is 12.3 Å². The fourth-order valence-electron chi connectivity index (χ4n) is 3.67. The molecule has 0 aliphatic carbocycles. The van der Waals surface area contributed by atoms with Crippen LogP contribution in [0.15, 0.2) is 47.5 Å². The zero-order valence-electron chi connectivity index (χ0n) is 18.0. The van der Waals surface area contributed by atoms with Crippen molar-refractivity contribution >= 4 is 11.6 Å². The standard InChI is InChI=1S/C23H32N4O3/c1-4-24-23(25-15-17-8-5-12-21(30-3)22(17)28)26-18-9-7-13-27(16-18)19-10-6-11-20(14-19)29-2/h5-6,8,10-12,14,18,28H,4,7,9,13,15-16H2,1-3H3,(H2,24,25,26). The molecule has 1 heterocycles. The summed E-state index contributed by atoms with van der Waals surface area (Å²) in [5.74, 6) is 2.22. The van der Waals surface area contributed by atoms with Crippen LogP contribution in [0.4, 0.5) is 5.69 Å². The number of benzene rings is 2. The van der Waals surface area contributed by atoms with Gasteiger partial charge < -0.3 is 30.1 Å². The summed E-state index contributed by atoms with van der Waals surface area (Å²) in [6.45, 7) is 5.09. The Kier molecular flexibility index (Phi) is 7.65. The first kappa shape index (κ1) is 21.6. The highest BCUT2D eigenvalue weighted by Crippen LogP contribution is 2.29. The molecule has 30 heavy (non-hydrogen) atoms.